The van der Waals surface area contributed by atoms with Gasteiger partial charge in [-0.25, -0.2) is 0 Å². The molecule has 10 rings (SSSR count). The predicted octanol–water partition coefficient (Wildman–Crippen LogP) is 10.8. The summed E-state index contributed by atoms with van der Waals surface area (Å²) in [7, 11) is 0. The average Bonchev–Trinajstić information content (AvgIpc) is 3.36. The van der Waals surface area contributed by atoms with Crippen molar-refractivity contribution in [2.45, 2.75) is 25.3 Å². The van der Waals surface area contributed by atoms with E-state index in [1.54, 1.807) is 0 Å². The highest BCUT2D eigenvalue weighted by atomic mass is 14.8. The van der Waals surface area contributed by atoms with Gasteiger partial charge in [-0.1, -0.05) is 141 Å². The molecule has 1 heterocycles. The second kappa shape index (κ2) is 9.74. The summed E-state index contributed by atoms with van der Waals surface area (Å²) in [5.74, 6) is 0.239. The Morgan fingerprint density at radius 1 is 0.596 bits per heavy atom. The van der Waals surface area contributed by atoms with Gasteiger partial charge in [0.2, 0.25) is 0 Å². The molecule has 0 N–H and O–H groups in total. The smallest absolute Gasteiger partial charge is 0.100 e. The zero-order valence-corrected chi connectivity index (χ0v) is 26.5. The summed E-state index contributed by atoms with van der Waals surface area (Å²) in [5.41, 5.74) is 21.1. The Hall–Kier alpha value is -5.53. The van der Waals surface area contributed by atoms with E-state index >= 15 is 0 Å². The van der Waals surface area contributed by atoms with Crippen molar-refractivity contribution in [3.8, 4) is 22.3 Å². The van der Waals surface area contributed by atoms with Gasteiger partial charge in [-0.05, 0) is 107 Å². The first-order valence-electron chi connectivity index (χ1n) is 16.7. The topological polar surface area (TPSA) is 12.4 Å². The van der Waals surface area contributed by atoms with Gasteiger partial charge in [0.05, 0.1) is 0 Å². The minimum atomic E-state index is -0.000876. The lowest BCUT2D eigenvalue weighted by Gasteiger charge is -2.40. The van der Waals surface area contributed by atoms with Gasteiger partial charge in [0.25, 0.3) is 0 Å². The Morgan fingerprint density at radius 3 is 2.23 bits per heavy atom. The molecule has 1 nitrogen and oxygen atoms in total. The molecule has 0 aromatic heterocycles. The van der Waals surface area contributed by atoms with E-state index in [1.165, 1.54) is 89.1 Å². The minimum Gasteiger partial charge on any atom is -0.280 e. The second-order valence-corrected chi connectivity index (χ2v) is 13.9. The molecule has 0 fully saturated rings. The van der Waals surface area contributed by atoms with Crippen LogP contribution in [-0.4, -0.2) is 12.3 Å². The summed E-state index contributed by atoms with van der Waals surface area (Å²) in [6, 6.07) is 35.7. The maximum atomic E-state index is 5.12. The molecule has 0 saturated carbocycles. The molecule has 0 spiro atoms. The van der Waals surface area contributed by atoms with E-state index in [9.17, 15) is 0 Å². The van der Waals surface area contributed by atoms with Gasteiger partial charge in [-0.3, -0.25) is 4.99 Å². The van der Waals surface area contributed by atoms with Crippen LogP contribution < -0.4 is 0 Å². The number of nitrogens with zero attached hydrogens (tertiary/aromatic N) is 1. The summed E-state index contributed by atoms with van der Waals surface area (Å²) < 4.78 is 0. The van der Waals surface area contributed by atoms with Gasteiger partial charge in [-0.15, -0.1) is 0 Å². The Morgan fingerprint density at radius 2 is 1.36 bits per heavy atom. The van der Waals surface area contributed by atoms with Crippen molar-refractivity contribution in [3.05, 3.63) is 201 Å². The number of benzene rings is 4. The highest BCUT2D eigenvalue weighted by Crippen LogP contribution is 2.52. The van der Waals surface area contributed by atoms with Crippen LogP contribution in [0.25, 0.3) is 33.4 Å². The zero-order valence-electron chi connectivity index (χ0n) is 26.5. The summed E-state index contributed by atoms with van der Waals surface area (Å²) in [6.07, 6.45) is 20.7. The lowest BCUT2D eigenvalue weighted by molar-refractivity contribution is 0.660. The molecule has 1 heteroatoms. The molecular formula is C46H33N. The maximum Gasteiger partial charge on any atom is 0.100 e. The van der Waals surface area contributed by atoms with Crippen LogP contribution in [0.5, 0.6) is 0 Å². The molecule has 6 aliphatic rings. The average molecular weight is 600 g/mol. The molecule has 0 bridgehead atoms. The van der Waals surface area contributed by atoms with Crippen LogP contribution in [0.3, 0.4) is 0 Å². The SMILES string of the molecule is CC1(C)c2ccccc2-c2ccc(-c3ccc(C4=C5C=CC6=C7C(=CC=C(C=C4)C57)C4N=CC(c5ccccc5)=CC4=C6)cc3)cc21. The summed E-state index contributed by atoms with van der Waals surface area (Å²) >= 11 is 0. The fraction of sp³-hybridized carbons (Fsp3) is 0.109. The minimum absolute atomic E-state index is 0.000876. The number of hydrogen-bond acceptors (Lipinski definition) is 1. The van der Waals surface area contributed by atoms with Crippen molar-refractivity contribution in [3.63, 3.8) is 0 Å². The predicted molar refractivity (Wildman–Crippen MR) is 196 cm³/mol. The van der Waals surface area contributed by atoms with Gasteiger partial charge in [0.15, 0.2) is 0 Å². The maximum absolute atomic E-state index is 5.12. The van der Waals surface area contributed by atoms with Crippen LogP contribution >= 0.6 is 0 Å². The molecule has 0 radical (unpaired) electrons. The van der Waals surface area contributed by atoms with Gasteiger partial charge < -0.3 is 0 Å². The zero-order chi connectivity index (χ0) is 31.3. The standard InChI is InChI=1S/C46H33N/c1-46(2)41-11-7-6-10-37(41)38-21-18-32(26-42(38)46)29-12-14-30(15-13-29)36-20-16-31-17-23-40-44-33(19-22-39(36)43(31)44)24-34-25-35(27-47-45(34)40)28-8-4-3-5-9-28/h3-27,43,45H,1-2H3. The first kappa shape index (κ1) is 26.7. The van der Waals surface area contributed by atoms with Crippen molar-refractivity contribution in [1.29, 1.82) is 0 Å². The fourth-order valence-electron chi connectivity index (χ4n) is 8.65. The highest BCUT2D eigenvalue weighted by molar-refractivity contribution is 6.12. The molecule has 0 saturated heterocycles. The van der Waals surface area contributed by atoms with Crippen molar-refractivity contribution in [1.82, 2.24) is 0 Å². The Balaban J connectivity index is 0.998. The van der Waals surface area contributed by atoms with Crippen molar-refractivity contribution < 1.29 is 0 Å². The van der Waals surface area contributed by atoms with Crippen LogP contribution in [0.4, 0.5) is 0 Å². The number of allylic oxidation sites excluding steroid dienone is 12. The number of rotatable bonds is 3. The Labute approximate surface area is 276 Å². The van der Waals surface area contributed by atoms with E-state index in [2.05, 4.69) is 166 Å². The monoisotopic (exact) mass is 599 g/mol. The van der Waals surface area contributed by atoms with Gasteiger partial charge in [0.1, 0.15) is 6.04 Å². The first-order valence-corrected chi connectivity index (χ1v) is 16.7. The van der Waals surface area contributed by atoms with E-state index in [1.807, 2.05) is 0 Å². The van der Waals surface area contributed by atoms with Crippen LogP contribution in [0.2, 0.25) is 0 Å². The number of aliphatic imine (C=N–C) groups is 1. The van der Waals surface area contributed by atoms with E-state index in [-0.39, 0.29) is 17.4 Å². The number of dihydropyridines is 1. The molecular weight excluding hydrogens is 567 g/mol. The first-order chi connectivity index (χ1) is 23.0. The second-order valence-electron chi connectivity index (χ2n) is 13.9. The summed E-state index contributed by atoms with van der Waals surface area (Å²) in [4.78, 5) is 5.12. The van der Waals surface area contributed by atoms with Crippen LogP contribution in [0.1, 0.15) is 36.1 Å². The van der Waals surface area contributed by atoms with Crippen LogP contribution in [0.15, 0.2) is 184 Å². The molecule has 222 valence electrons. The Kier molecular flexibility index (Phi) is 5.52. The molecule has 4 aromatic rings. The van der Waals surface area contributed by atoms with E-state index in [0.717, 1.165) is 0 Å². The van der Waals surface area contributed by atoms with Crippen LogP contribution in [-0.2, 0) is 5.41 Å². The molecule has 5 aliphatic carbocycles. The van der Waals surface area contributed by atoms with Crippen molar-refractivity contribution >= 4 is 17.4 Å². The van der Waals surface area contributed by atoms with E-state index in [4.69, 9.17) is 4.99 Å². The molecule has 1 aliphatic heterocycles. The van der Waals surface area contributed by atoms with Crippen molar-refractivity contribution in [2.75, 3.05) is 0 Å². The third kappa shape index (κ3) is 3.87. The lowest BCUT2D eigenvalue weighted by Crippen LogP contribution is -2.29. The molecule has 2 atom stereocenters. The number of hydrogen-bond donors (Lipinski definition) is 0. The largest absolute Gasteiger partial charge is 0.280 e. The third-order valence-electron chi connectivity index (χ3n) is 11.0. The van der Waals surface area contributed by atoms with E-state index < -0.39 is 0 Å². The van der Waals surface area contributed by atoms with E-state index in [0.29, 0.717) is 0 Å². The summed E-state index contributed by atoms with van der Waals surface area (Å²) in [5, 5.41) is 0. The van der Waals surface area contributed by atoms with Gasteiger partial charge >= 0.3 is 0 Å². The molecule has 0 amide bonds. The molecule has 47 heavy (non-hydrogen) atoms. The summed E-state index contributed by atoms with van der Waals surface area (Å²) in [6.45, 7) is 4.70. The van der Waals surface area contributed by atoms with Gasteiger partial charge in [0, 0.05) is 17.5 Å². The third-order valence-corrected chi connectivity index (χ3v) is 11.0. The Bertz CT molecular complexity index is 2340. The quantitative estimate of drug-likeness (QED) is 0.222. The molecule has 4 aromatic carbocycles. The van der Waals surface area contributed by atoms with Crippen LogP contribution in [0, 0.1) is 5.92 Å². The highest BCUT2D eigenvalue weighted by Gasteiger charge is 2.39. The fourth-order valence-corrected chi connectivity index (χ4v) is 8.65. The van der Waals surface area contributed by atoms with Crippen molar-refractivity contribution in [2.24, 2.45) is 10.9 Å². The lowest BCUT2D eigenvalue weighted by atomic mass is 9.65. The number of fused-ring (bicyclic) bond motifs is 5. The van der Waals surface area contributed by atoms with Gasteiger partial charge in [-0.2, -0.15) is 0 Å². The normalized spacial score (nSPS) is 22.1. The molecule has 2 unspecified atom stereocenters.